The third-order valence-electron chi connectivity index (χ3n) is 2.57. The highest BCUT2D eigenvalue weighted by Crippen LogP contribution is 2.32. The number of likely N-dealkylation sites (N-methyl/N-ethyl adjacent to an activating group) is 1. The fraction of sp³-hybridized carbons (Fsp3) is 0.538. The standard InChI is InChI=1S/C13H21ClN2O/c1-9-6-11(12(17-5)7-10(9)14)16-13(2,3)8-15-4/h6-7,15-16H,8H2,1-5H3. The zero-order chi connectivity index (χ0) is 13.1. The van der Waals surface area contributed by atoms with Crippen LogP contribution in [-0.2, 0) is 0 Å². The second kappa shape index (κ2) is 5.61. The van der Waals surface area contributed by atoms with E-state index < -0.39 is 0 Å². The summed E-state index contributed by atoms with van der Waals surface area (Å²) < 4.78 is 5.34. The van der Waals surface area contributed by atoms with Gasteiger partial charge >= 0.3 is 0 Å². The lowest BCUT2D eigenvalue weighted by Gasteiger charge is -2.28. The van der Waals surface area contributed by atoms with Gasteiger partial charge in [0.15, 0.2) is 0 Å². The Morgan fingerprint density at radius 2 is 2.00 bits per heavy atom. The summed E-state index contributed by atoms with van der Waals surface area (Å²) in [5.41, 5.74) is 1.95. The van der Waals surface area contributed by atoms with Crippen molar-refractivity contribution >= 4 is 17.3 Å². The van der Waals surface area contributed by atoms with Crippen molar-refractivity contribution in [1.29, 1.82) is 0 Å². The van der Waals surface area contributed by atoms with Gasteiger partial charge in [-0.3, -0.25) is 0 Å². The average Bonchev–Trinajstić information content (AvgIpc) is 2.22. The number of benzene rings is 1. The number of anilines is 1. The molecule has 0 bridgehead atoms. The molecule has 0 atom stereocenters. The van der Waals surface area contributed by atoms with Gasteiger partial charge in [0, 0.05) is 23.2 Å². The van der Waals surface area contributed by atoms with Gasteiger partial charge in [-0.1, -0.05) is 11.6 Å². The normalized spacial score (nSPS) is 11.4. The van der Waals surface area contributed by atoms with Crippen LogP contribution in [0.1, 0.15) is 19.4 Å². The van der Waals surface area contributed by atoms with E-state index >= 15 is 0 Å². The van der Waals surface area contributed by atoms with E-state index in [4.69, 9.17) is 16.3 Å². The summed E-state index contributed by atoms with van der Waals surface area (Å²) in [7, 11) is 3.59. The molecule has 1 rings (SSSR count). The van der Waals surface area contributed by atoms with Crippen molar-refractivity contribution in [2.75, 3.05) is 26.0 Å². The lowest BCUT2D eigenvalue weighted by Crippen LogP contribution is -2.40. The molecular formula is C13H21ClN2O. The first-order valence-electron chi connectivity index (χ1n) is 5.66. The third kappa shape index (κ3) is 3.79. The van der Waals surface area contributed by atoms with Gasteiger partial charge in [0.05, 0.1) is 12.8 Å². The van der Waals surface area contributed by atoms with Crippen LogP contribution in [0.5, 0.6) is 5.75 Å². The van der Waals surface area contributed by atoms with Crippen molar-refractivity contribution in [2.24, 2.45) is 0 Å². The molecule has 0 saturated carbocycles. The van der Waals surface area contributed by atoms with E-state index in [1.807, 2.05) is 26.1 Å². The van der Waals surface area contributed by atoms with Crippen LogP contribution < -0.4 is 15.4 Å². The summed E-state index contributed by atoms with van der Waals surface area (Å²) in [6.45, 7) is 7.11. The molecular weight excluding hydrogens is 236 g/mol. The first kappa shape index (κ1) is 14.1. The molecule has 0 unspecified atom stereocenters. The predicted molar refractivity (Wildman–Crippen MR) is 74.4 cm³/mol. The van der Waals surface area contributed by atoms with Gasteiger partial charge in [-0.2, -0.15) is 0 Å². The Balaban J connectivity index is 3.01. The van der Waals surface area contributed by atoms with Crippen LogP contribution in [0.4, 0.5) is 5.69 Å². The quantitative estimate of drug-likeness (QED) is 0.850. The molecule has 2 N–H and O–H groups in total. The van der Waals surface area contributed by atoms with Gasteiger partial charge in [-0.25, -0.2) is 0 Å². The number of nitrogens with one attached hydrogen (secondary N) is 2. The Morgan fingerprint density at radius 3 is 2.53 bits per heavy atom. The van der Waals surface area contributed by atoms with Crippen molar-refractivity contribution < 1.29 is 4.74 Å². The molecule has 0 aliphatic heterocycles. The molecule has 1 aromatic rings. The minimum absolute atomic E-state index is 0.0533. The molecule has 0 aliphatic rings. The van der Waals surface area contributed by atoms with Gasteiger partial charge < -0.3 is 15.4 Å². The van der Waals surface area contributed by atoms with Gasteiger partial charge in [0.2, 0.25) is 0 Å². The Bertz CT molecular complexity index is 391. The molecule has 17 heavy (non-hydrogen) atoms. The van der Waals surface area contributed by atoms with E-state index in [-0.39, 0.29) is 5.54 Å². The Hall–Kier alpha value is -0.930. The molecule has 0 radical (unpaired) electrons. The fourth-order valence-corrected chi connectivity index (χ4v) is 1.93. The van der Waals surface area contributed by atoms with Crippen molar-refractivity contribution in [3.63, 3.8) is 0 Å². The fourth-order valence-electron chi connectivity index (χ4n) is 1.78. The number of ether oxygens (including phenoxy) is 1. The van der Waals surface area contributed by atoms with E-state index in [1.54, 1.807) is 7.11 Å². The molecule has 0 aliphatic carbocycles. The SMILES string of the molecule is CNCC(C)(C)Nc1cc(C)c(Cl)cc1OC. The van der Waals surface area contributed by atoms with Crippen LogP contribution >= 0.6 is 11.6 Å². The maximum absolute atomic E-state index is 6.08. The van der Waals surface area contributed by atoms with E-state index in [0.29, 0.717) is 0 Å². The molecule has 3 nitrogen and oxygen atoms in total. The molecule has 0 saturated heterocycles. The minimum Gasteiger partial charge on any atom is -0.495 e. The first-order valence-corrected chi connectivity index (χ1v) is 6.04. The predicted octanol–water partition coefficient (Wildman–Crippen LogP) is 3.07. The molecule has 0 heterocycles. The Morgan fingerprint density at radius 1 is 1.35 bits per heavy atom. The summed E-state index contributed by atoms with van der Waals surface area (Å²) in [6, 6.07) is 3.85. The van der Waals surface area contributed by atoms with Crippen LogP contribution in [-0.4, -0.2) is 26.2 Å². The van der Waals surface area contributed by atoms with Crippen molar-refractivity contribution in [3.8, 4) is 5.75 Å². The number of rotatable bonds is 5. The first-order chi connectivity index (χ1) is 7.89. The van der Waals surface area contributed by atoms with E-state index in [9.17, 15) is 0 Å². The third-order valence-corrected chi connectivity index (χ3v) is 2.98. The summed E-state index contributed by atoms with van der Waals surface area (Å²) in [5, 5.41) is 7.34. The molecule has 0 fully saturated rings. The highest BCUT2D eigenvalue weighted by atomic mass is 35.5. The minimum atomic E-state index is -0.0533. The second-order valence-electron chi connectivity index (χ2n) is 4.84. The van der Waals surface area contributed by atoms with Gasteiger partial charge in [-0.15, -0.1) is 0 Å². The number of methoxy groups -OCH3 is 1. The highest BCUT2D eigenvalue weighted by Gasteiger charge is 2.18. The maximum atomic E-state index is 6.08. The largest absolute Gasteiger partial charge is 0.495 e. The van der Waals surface area contributed by atoms with E-state index in [1.165, 1.54) is 0 Å². The maximum Gasteiger partial charge on any atom is 0.143 e. The average molecular weight is 257 g/mol. The molecule has 4 heteroatoms. The van der Waals surface area contributed by atoms with Crippen molar-refractivity contribution in [1.82, 2.24) is 5.32 Å². The van der Waals surface area contributed by atoms with Crippen LogP contribution in [0.25, 0.3) is 0 Å². The van der Waals surface area contributed by atoms with E-state index in [0.717, 1.165) is 28.6 Å². The molecule has 0 spiro atoms. The van der Waals surface area contributed by atoms with E-state index in [2.05, 4.69) is 24.5 Å². The summed E-state index contributed by atoms with van der Waals surface area (Å²) in [4.78, 5) is 0. The van der Waals surface area contributed by atoms with Crippen LogP contribution in [0.3, 0.4) is 0 Å². The number of aryl methyl sites for hydroxylation is 1. The van der Waals surface area contributed by atoms with Crippen molar-refractivity contribution in [3.05, 3.63) is 22.7 Å². The highest BCUT2D eigenvalue weighted by molar-refractivity contribution is 6.31. The summed E-state index contributed by atoms with van der Waals surface area (Å²) >= 11 is 6.08. The molecule has 0 aromatic heterocycles. The molecule has 96 valence electrons. The summed E-state index contributed by atoms with van der Waals surface area (Å²) in [6.07, 6.45) is 0. The monoisotopic (exact) mass is 256 g/mol. The second-order valence-corrected chi connectivity index (χ2v) is 5.25. The zero-order valence-corrected chi connectivity index (χ0v) is 11.9. The lowest BCUT2D eigenvalue weighted by molar-refractivity contribution is 0.414. The topological polar surface area (TPSA) is 33.3 Å². The smallest absolute Gasteiger partial charge is 0.143 e. The van der Waals surface area contributed by atoms with Crippen LogP contribution in [0.2, 0.25) is 5.02 Å². The molecule has 1 aromatic carbocycles. The van der Waals surface area contributed by atoms with Gasteiger partial charge in [0.25, 0.3) is 0 Å². The van der Waals surface area contributed by atoms with Gasteiger partial charge in [-0.05, 0) is 39.4 Å². The Labute approximate surface area is 109 Å². The molecule has 0 amide bonds. The van der Waals surface area contributed by atoms with Gasteiger partial charge in [0.1, 0.15) is 5.75 Å². The zero-order valence-electron chi connectivity index (χ0n) is 11.1. The van der Waals surface area contributed by atoms with Crippen molar-refractivity contribution in [2.45, 2.75) is 26.3 Å². The van der Waals surface area contributed by atoms with Crippen LogP contribution in [0, 0.1) is 6.92 Å². The number of hydrogen-bond acceptors (Lipinski definition) is 3. The Kier molecular flexibility index (Phi) is 4.66. The number of halogens is 1. The number of hydrogen-bond donors (Lipinski definition) is 2. The van der Waals surface area contributed by atoms with Crippen LogP contribution in [0.15, 0.2) is 12.1 Å². The lowest BCUT2D eigenvalue weighted by atomic mass is 10.0. The summed E-state index contributed by atoms with van der Waals surface area (Å²) in [5.74, 6) is 0.768.